The molecule has 0 aromatic rings. The number of hydrogen-bond donors (Lipinski definition) is 2. The molecule has 1 unspecified atom stereocenters. The van der Waals surface area contributed by atoms with Gasteiger partial charge in [0.15, 0.2) is 0 Å². The molecule has 0 fully saturated rings. The van der Waals surface area contributed by atoms with Crippen LogP contribution in [0.4, 0.5) is 0 Å². The summed E-state index contributed by atoms with van der Waals surface area (Å²) in [6.07, 6.45) is 0. The molecule has 0 aromatic carbocycles. The van der Waals surface area contributed by atoms with E-state index in [1.54, 1.807) is 0 Å². The number of nitrogens with one attached hydrogen (secondary N) is 2. The summed E-state index contributed by atoms with van der Waals surface area (Å²) in [4.78, 5) is 11.3. The fourth-order valence-corrected chi connectivity index (χ4v) is 2.01. The molecule has 2 N–H and O–H groups in total. The van der Waals surface area contributed by atoms with Gasteiger partial charge in [0, 0.05) is 19.1 Å². The van der Waals surface area contributed by atoms with Crippen molar-refractivity contribution in [3.05, 3.63) is 0 Å². The van der Waals surface area contributed by atoms with Crippen LogP contribution in [0, 0.1) is 0 Å². The van der Waals surface area contributed by atoms with Crippen molar-refractivity contribution in [3.8, 4) is 0 Å². The third-order valence-corrected chi connectivity index (χ3v) is 3.76. The summed E-state index contributed by atoms with van der Waals surface area (Å²) >= 11 is 2.08. The van der Waals surface area contributed by atoms with Gasteiger partial charge >= 0.3 is 0 Å². The van der Waals surface area contributed by atoms with Gasteiger partial charge in [0.05, 0.1) is 70.0 Å². The van der Waals surface area contributed by atoms with E-state index in [0.29, 0.717) is 78.7 Å². The highest BCUT2D eigenvalue weighted by Gasteiger charge is 2.06. The number of hydrogen-bond acceptors (Lipinski definition) is 7. The third-order valence-electron chi connectivity index (χ3n) is 3.19. The fourth-order valence-electron chi connectivity index (χ4n) is 1.79. The first kappa shape index (κ1) is 27.0. The molecule has 0 saturated carbocycles. The Hall–Kier alpha value is -0.0400. The van der Waals surface area contributed by atoms with Gasteiger partial charge in [-0.2, -0.15) is 0 Å². The van der Waals surface area contributed by atoms with Gasteiger partial charge in [-0.1, -0.05) is 36.4 Å². The van der Waals surface area contributed by atoms with E-state index in [0.717, 1.165) is 6.54 Å². The van der Waals surface area contributed by atoms with Gasteiger partial charge in [-0.15, -0.1) is 0 Å². The van der Waals surface area contributed by atoms with Crippen LogP contribution >= 0.6 is 22.6 Å². The Morgan fingerprint density at radius 3 is 1.44 bits per heavy atom. The first-order chi connectivity index (χ1) is 13.0. The normalized spacial score (nSPS) is 12.5. The number of amides is 1. The summed E-state index contributed by atoms with van der Waals surface area (Å²) in [6.45, 7) is 13.0. The Balaban J connectivity index is 3.06. The minimum atomic E-state index is -0.0261. The van der Waals surface area contributed by atoms with Crippen molar-refractivity contribution in [2.45, 2.75) is 30.7 Å². The molecule has 0 aliphatic carbocycles. The first-order valence-corrected chi connectivity index (χ1v) is 10.8. The van der Waals surface area contributed by atoms with Crippen LogP contribution in [0.15, 0.2) is 0 Å². The second-order valence-electron chi connectivity index (χ2n) is 6.08. The lowest BCUT2D eigenvalue weighted by atomic mass is 10.4. The average molecular weight is 504 g/mol. The molecule has 0 aromatic heterocycles. The Labute approximate surface area is 177 Å². The van der Waals surface area contributed by atoms with Gasteiger partial charge < -0.3 is 34.3 Å². The predicted molar refractivity (Wildman–Crippen MR) is 114 cm³/mol. The number of halogens is 1. The van der Waals surface area contributed by atoms with E-state index in [1.807, 2.05) is 6.92 Å². The van der Waals surface area contributed by atoms with Crippen molar-refractivity contribution >= 4 is 28.5 Å². The maximum Gasteiger partial charge on any atom is 0.232 e. The monoisotopic (exact) mass is 504 g/mol. The predicted octanol–water partition coefficient (Wildman–Crippen LogP) is 1.01. The van der Waals surface area contributed by atoms with Crippen molar-refractivity contribution in [2.24, 2.45) is 0 Å². The summed E-state index contributed by atoms with van der Waals surface area (Å²) in [6, 6.07) is 0.488. The van der Waals surface area contributed by atoms with Gasteiger partial charge in [0.25, 0.3) is 0 Å². The van der Waals surface area contributed by atoms with Crippen molar-refractivity contribution in [1.82, 2.24) is 10.6 Å². The van der Waals surface area contributed by atoms with Crippen molar-refractivity contribution < 1.29 is 28.5 Å². The van der Waals surface area contributed by atoms with Crippen molar-refractivity contribution in [2.75, 3.05) is 79.2 Å². The second-order valence-corrected chi connectivity index (χ2v) is 7.95. The molecular formula is C18H37IN2O6. The lowest BCUT2D eigenvalue weighted by molar-refractivity contribution is -0.120. The molecule has 0 radical (unpaired) electrons. The Morgan fingerprint density at radius 2 is 1.07 bits per heavy atom. The van der Waals surface area contributed by atoms with Gasteiger partial charge in [0.2, 0.25) is 5.91 Å². The van der Waals surface area contributed by atoms with Crippen LogP contribution in [0.25, 0.3) is 0 Å². The molecule has 0 bridgehead atoms. The second kappa shape index (κ2) is 20.7. The molecule has 9 heteroatoms. The van der Waals surface area contributed by atoms with Crippen LogP contribution in [0.3, 0.4) is 0 Å². The fraction of sp³-hybridized carbons (Fsp3) is 0.944. The van der Waals surface area contributed by atoms with E-state index >= 15 is 0 Å². The van der Waals surface area contributed by atoms with Crippen LogP contribution in [0.2, 0.25) is 0 Å². The molecule has 27 heavy (non-hydrogen) atoms. The summed E-state index contributed by atoms with van der Waals surface area (Å²) in [5, 5.41) is 6.07. The zero-order chi connectivity index (χ0) is 20.2. The zero-order valence-corrected chi connectivity index (χ0v) is 19.1. The highest BCUT2D eigenvalue weighted by Crippen LogP contribution is 1.96. The lowest BCUT2D eigenvalue weighted by Gasteiger charge is -2.09. The van der Waals surface area contributed by atoms with E-state index in [2.05, 4.69) is 47.1 Å². The van der Waals surface area contributed by atoms with E-state index in [9.17, 15) is 4.79 Å². The van der Waals surface area contributed by atoms with Crippen LogP contribution in [0.1, 0.15) is 20.8 Å². The van der Waals surface area contributed by atoms with E-state index in [1.165, 1.54) is 0 Å². The molecule has 0 aliphatic rings. The zero-order valence-electron chi connectivity index (χ0n) is 17.0. The minimum Gasteiger partial charge on any atom is -0.378 e. The Bertz CT molecular complexity index is 335. The maximum atomic E-state index is 11.3. The van der Waals surface area contributed by atoms with Gasteiger partial charge in [0.1, 0.15) is 0 Å². The Kier molecular flexibility index (Phi) is 20.7. The van der Waals surface area contributed by atoms with E-state index in [4.69, 9.17) is 23.7 Å². The van der Waals surface area contributed by atoms with Crippen LogP contribution < -0.4 is 10.6 Å². The number of ether oxygens (including phenoxy) is 5. The number of carbonyl (C=O) groups is 1. The summed E-state index contributed by atoms with van der Waals surface area (Å²) in [7, 11) is 0. The van der Waals surface area contributed by atoms with Crippen LogP contribution in [-0.2, 0) is 28.5 Å². The molecule has 0 heterocycles. The van der Waals surface area contributed by atoms with Gasteiger partial charge in [-0.25, -0.2) is 0 Å². The smallest absolute Gasteiger partial charge is 0.232 e. The molecular weight excluding hydrogens is 467 g/mol. The number of carbonyl (C=O) groups excluding carboxylic acids is 1. The largest absolute Gasteiger partial charge is 0.378 e. The average Bonchev–Trinajstić information content (AvgIpc) is 2.63. The van der Waals surface area contributed by atoms with Crippen LogP contribution in [-0.4, -0.2) is 95.0 Å². The highest BCUT2D eigenvalue weighted by molar-refractivity contribution is 14.1. The quantitative estimate of drug-likeness (QED) is 0.145. The third kappa shape index (κ3) is 22.1. The highest BCUT2D eigenvalue weighted by atomic mass is 127. The molecule has 0 saturated heterocycles. The van der Waals surface area contributed by atoms with E-state index in [-0.39, 0.29) is 9.83 Å². The van der Waals surface area contributed by atoms with Gasteiger partial charge in [-0.3, -0.25) is 4.79 Å². The molecule has 162 valence electrons. The van der Waals surface area contributed by atoms with Crippen LogP contribution in [0.5, 0.6) is 0 Å². The van der Waals surface area contributed by atoms with Crippen molar-refractivity contribution in [1.29, 1.82) is 0 Å². The SMILES string of the molecule is CC(C)NCCOCCOCCOCCOCCOCCNC(=O)C(C)I. The minimum absolute atomic E-state index is 0.0261. The summed E-state index contributed by atoms with van der Waals surface area (Å²) in [5.74, 6) is 0.0306. The summed E-state index contributed by atoms with van der Waals surface area (Å²) in [5.41, 5.74) is 0. The molecule has 0 spiro atoms. The topological polar surface area (TPSA) is 87.3 Å². The molecule has 1 atom stereocenters. The van der Waals surface area contributed by atoms with Gasteiger partial charge in [-0.05, 0) is 6.92 Å². The molecule has 8 nitrogen and oxygen atoms in total. The summed E-state index contributed by atoms with van der Waals surface area (Å²) < 4.78 is 27.0. The molecule has 0 aliphatic heterocycles. The molecule has 0 rings (SSSR count). The maximum absolute atomic E-state index is 11.3. The standard InChI is InChI=1S/C18H37IN2O6/c1-16(2)20-4-6-23-8-10-25-12-14-27-15-13-26-11-9-24-7-5-21-18(22)17(3)19/h16-17,20H,4-15H2,1-3H3,(H,21,22). The number of alkyl halides is 1. The Morgan fingerprint density at radius 1 is 0.704 bits per heavy atom. The first-order valence-electron chi connectivity index (χ1n) is 9.58. The molecule has 1 amide bonds. The lowest BCUT2D eigenvalue weighted by Crippen LogP contribution is -2.32. The number of rotatable bonds is 20. The van der Waals surface area contributed by atoms with Crippen molar-refractivity contribution in [3.63, 3.8) is 0 Å². The van der Waals surface area contributed by atoms with E-state index < -0.39 is 0 Å².